The van der Waals surface area contributed by atoms with Crippen molar-refractivity contribution in [2.45, 2.75) is 13.0 Å². The van der Waals surface area contributed by atoms with Crippen LogP contribution in [0, 0.1) is 0 Å². The van der Waals surface area contributed by atoms with E-state index in [0.29, 0.717) is 21.0 Å². The molecule has 0 bridgehead atoms. The Morgan fingerprint density at radius 3 is 2.82 bits per heavy atom. The van der Waals surface area contributed by atoms with Gasteiger partial charge < -0.3 is 20.0 Å². The Hall–Kier alpha value is -2.42. The van der Waals surface area contributed by atoms with E-state index in [1.807, 2.05) is 12.1 Å². The van der Waals surface area contributed by atoms with E-state index in [9.17, 15) is 4.79 Å². The summed E-state index contributed by atoms with van der Waals surface area (Å²) in [5.41, 5.74) is 2.04. The summed E-state index contributed by atoms with van der Waals surface area (Å²) in [5.74, 6) is 0.578. The van der Waals surface area contributed by atoms with Gasteiger partial charge in [-0.2, -0.15) is 0 Å². The molecule has 1 aliphatic heterocycles. The van der Waals surface area contributed by atoms with Crippen molar-refractivity contribution in [3.05, 3.63) is 51.5 Å². The maximum Gasteiger partial charge on any atom is 0.261 e. The number of thiophene rings is 1. The summed E-state index contributed by atoms with van der Waals surface area (Å²) in [7, 11) is 0. The molecule has 0 saturated carbocycles. The zero-order valence-corrected chi connectivity index (χ0v) is 16.7. The largest absolute Gasteiger partial charge is 0.419 e. The molecule has 0 atom stereocenters. The van der Waals surface area contributed by atoms with Crippen molar-refractivity contribution >= 4 is 34.5 Å². The maximum absolute atomic E-state index is 12.1. The molecule has 1 fully saturated rings. The number of hydrogen-bond acceptors (Lipinski definition) is 7. The van der Waals surface area contributed by atoms with Crippen molar-refractivity contribution in [3.8, 4) is 11.5 Å². The molecular weight excluding hydrogens is 398 g/mol. The summed E-state index contributed by atoms with van der Waals surface area (Å²) in [4.78, 5) is 15.0. The van der Waals surface area contributed by atoms with Gasteiger partial charge in [-0.3, -0.25) is 4.79 Å². The van der Waals surface area contributed by atoms with Crippen molar-refractivity contribution in [3.63, 3.8) is 0 Å². The van der Waals surface area contributed by atoms with Crippen LogP contribution < -0.4 is 15.5 Å². The Labute approximate surface area is 171 Å². The third-order valence-corrected chi connectivity index (χ3v) is 5.71. The minimum Gasteiger partial charge on any atom is -0.419 e. The van der Waals surface area contributed by atoms with Crippen LogP contribution in [0.3, 0.4) is 0 Å². The molecule has 0 unspecified atom stereocenters. The van der Waals surface area contributed by atoms with E-state index in [1.54, 1.807) is 12.1 Å². The fraction of sp³-hybridized carbons (Fsp3) is 0.316. The first kappa shape index (κ1) is 18.9. The van der Waals surface area contributed by atoms with Crippen molar-refractivity contribution in [2.24, 2.45) is 0 Å². The van der Waals surface area contributed by atoms with Gasteiger partial charge in [-0.1, -0.05) is 11.6 Å². The number of rotatable bonds is 5. The van der Waals surface area contributed by atoms with Crippen molar-refractivity contribution in [1.29, 1.82) is 0 Å². The van der Waals surface area contributed by atoms with E-state index in [-0.39, 0.29) is 12.5 Å². The quantitative estimate of drug-likeness (QED) is 0.663. The second kappa shape index (κ2) is 8.72. The van der Waals surface area contributed by atoms with Gasteiger partial charge in [0.05, 0.1) is 15.8 Å². The summed E-state index contributed by atoms with van der Waals surface area (Å²) in [6, 6.07) is 11.5. The highest BCUT2D eigenvalue weighted by Gasteiger charge is 2.14. The van der Waals surface area contributed by atoms with Crippen molar-refractivity contribution in [2.75, 3.05) is 31.1 Å². The number of hydrogen-bond donors (Lipinski definition) is 2. The molecule has 4 rings (SSSR count). The summed E-state index contributed by atoms with van der Waals surface area (Å²) in [5, 5.41) is 14.3. The van der Waals surface area contributed by atoms with E-state index >= 15 is 0 Å². The van der Waals surface area contributed by atoms with Gasteiger partial charge in [-0.05, 0) is 49.4 Å². The lowest BCUT2D eigenvalue weighted by atomic mass is 10.2. The van der Waals surface area contributed by atoms with Crippen LogP contribution in [0.5, 0.6) is 0 Å². The lowest BCUT2D eigenvalue weighted by molar-refractivity contribution is 0.0951. The number of benzene rings is 1. The molecule has 2 N–H and O–H groups in total. The molecule has 3 heterocycles. The van der Waals surface area contributed by atoms with Gasteiger partial charge in [0.1, 0.15) is 0 Å². The third kappa shape index (κ3) is 4.52. The Kier molecular flexibility index (Phi) is 5.90. The summed E-state index contributed by atoms with van der Waals surface area (Å²) in [6.07, 6.45) is 1.14. The van der Waals surface area contributed by atoms with Crippen molar-refractivity contribution in [1.82, 2.24) is 20.8 Å². The second-order valence-corrected chi connectivity index (χ2v) is 8.14. The second-order valence-electron chi connectivity index (χ2n) is 6.42. The number of amides is 1. The standard InChI is InChI=1S/C19H20ClN5O2S/c20-16-7-6-15(28-16)18(26)22-12-17-23-24-19(27-17)13-2-4-14(5-3-13)25-10-1-8-21-9-11-25/h2-7,21H,1,8-12H2,(H,22,26). The lowest BCUT2D eigenvalue weighted by Gasteiger charge is -2.22. The van der Waals surface area contributed by atoms with Crippen LogP contribution in [-0.4, -0.2) is 42.3 Å². The number of nitrogens with zero attached hydrogens (tertiary/aromatic N) is 3. The number of nitrogens with one attached hydrogen (secondary N) is 2. The maximum atomic E-state index is 12.1. The summed E-state index contributed by atoms with van der Waals surface area (Å²) in [6.45, 7) is 4.28. The zero-order chi connectivity index (χ0) is 19.3. The van der Waals surface area contributed by atoms with Gasteiger partial charge in [0.15, 0.2) is 0 Å². The third-order valence-electron chi connectivity index (χ3n) is 4.48. The normalized spacial score (nSPS) is 14.7. The Morgan fingerprint density at radius 2 is 2.04 bits per heavy atom. The highest BCUT2D eigenvalue weighted by atomic mass is 35.5. The molecule has 1 amide bonds. The molecule has 0 spiro atoms. The van der Waals surface area contributed by atoms with Gasteiger partial charge in [0, 0.05) is 30.9 Å². The molecule has 1 aliphatic rings. The highest BCUT2D eigenvalue weighted by molar-refractivity contribution is 7.17. The molecule has 7 nitrogen and oxygen atoms in total. The van der Waals surface area contributed by atoms with Crippen LogP contribution in [0.15, 0.2) is 40.8 Å². The highest BCUT2D eigenvalue weighted by Crippen LogP contribution is 2.23. The minimum absolute atomic E-state index is 0.167. The van der Waals surface area contributed by atoms with E-state index in [4.69, 9.17) is 16.0 Å². The van der Waals surface area contributed by atoms with E-state index in [0.717, 1.165) is 38.2 Å². The molecule has 3 aromatic rings. The van der Waals surface area contributed by atoms with Gasteiger partial charge in [-0.25, -0.2) is 0 Å². The average Bonchev–Trinajstić information content (AvgIpc) is 3.28. The topological polar surface area (TPSA) is 83.3 Å². The first-order valence-electron chi connectivity index (χ1n) is 9.11. The number of anilines is 1. The number of carbonyl (C=O) groups is 1. The number of halogens is 1. The Balaban J connectivity index is 1.37. The smallest absolute Gasteiger partial charge is 0.261 e. The van der Waals surface area contributed by atoms with E-state index < -0.39 is 0 Å². The van der Waals surface area contributed by atoms with Gasteiger partial charge in [0.25, 0.3) is 5.91 Å². The molecule has 0 aliphatic carbocycles. The Bertz CT molecular complexity index is 932. The van der Waals surface area contributed by atoms with Crippen LogP contribution in [0.2, 0.25) is 4.34 Å². The summed E-state index contributed by atoms with van der Waals surface area (Å²) >= 11 is 7.08. The fourth-order valence-corrected chi connectivity index (χ4v) is 4.00. The van der Waals surface area contributed by atoms with Crippen LogP contribution in [-0.2, 0) is 6.54 Å². The average molecular weight is 418 g/mol. The lowest BCUT2D eigenvalue weighted by Crippen LogP contribution is -2.27. The van der Waals surface area contributed by atoms with Gasteiger partial charge in [0.2, 0.25) is 11.8 Å². The Morgan fingerprint density at radius 1 is 1.18 bits per heavy atom. The van der Waals surface area contributed by atoms with Crippen molar-refractivity contribution < 1.29 is 9.21 Å². The first-order valence-corrected chi connectivity index (χ1v) is 10.3. The van der Waals surface area contributed by atoms with Crippen LogP contribution >= 0.6 is 22.9 Å². The zero-order valence-electron chi connectivity index (χ0n) is 15.2. The molecule has 9 heteroatoms. The van der Waals surface area contributed by atoms with Crippen LogP contribution in [0.4, 0.5) is 5.69 Å². The van der Waals surface area contributed by atoms with E-state index in [2.05, 4.69) is 37.9 Å². The molecule has 146 valence electrons. The van der Waals surface area contributed by atoms with Crippen LogP contribution in [0.25, 0.3) is 11.5 Å². The molecule has 2 aromatic heterocycles. The monoisotopic (exact) mass is 417 g/mol. The minimum atomic E-state index is -0.215. The fourth-order valence-electron chi connectivity index (χ4n) is 3.04. The molecular formula is C19H20ClN5O2S. The number of aromatic nitrogens is 2. The molecule has 1 saturated heterocycles. The predicted molar refractivity (Wildman–Crippen MR) is 110 cm³/mol. The SMILES string of the molecule is O=C(NCc1nnc(-c2ccc(N3CCCNCC3)cc2)o1)c1ccc(Cl)s1. The molecule has 1 aromatic carbocycles. The molecule has 0 radical (unpaired) electrons. The summed E-state index contributed by atoms with van der Waals surface area (Å²) < 4.78 is 6.26. The first-order chi connectivity index (χ1) is 13.7. The predicted octanol–water partition coefficient (Wildman–Crippen LogP) is 3.18. The molecule has 28 heavy (non-hydrogen) atoms. The van der Waals surface area contributed by atoms with Gasteiger partial charge >= 0.3 is 0 Å². The van der Waals surface area contributed by atoms with Crippen LogP contribution in [0.1, 0.15) is 22.0 Å². The van der Waals surface area contributed by atoms with Gasteiger partial charge in [-0.15, -0.1) is 21.5 Å². The number of carbonyl (C=O) groups excluding carboxylic acids is 1. The van der Waals surface area contributed by atoms with E-state index in [1.165, 1.54) is 17.0 Å².